The molecule has 0 saturated carbocycles. The van der Waals surface area contributed by atoms with Gasteiger partial charge in [0, 0.05) is 36.5 Å². The van der Waals surface area contributed by atoms with Gasteiger partial charge < -0.3 is 9.77 Å². The normalized spacial score (nSPS) is 11.3. The van der Waals surface area contributed by atoms with E-state index in [-0.39, 0.29) is 0 Å². The number of hydrogen-bond acceptors (Lipinski definition) is 3. The molecule has 2 heterocycles. The molecule has 0 unspecified atom stereocenters. The number of aryl methyl sites for hydroxylation is 4. The molecule has 1 N–H and O–H groups in total. The molecule has 0 bridgehead atoms. The van der Waals surface area contributed by atoms with Gasteiger partial charge in [-0.1, -0.05) is 5.16 Å². The average Bonchev–Trinajstić information content (AvgIpc) is 2.76. The largest absolute Gasteiger partial charge is 0.411 e. The van der Waals surface area contributed by atoms with Crippen molar-refractivity contribution in [3.8, 4) is 0 Å². The highest BCUT2D eigenvalue weighted by Gasteiger charge is 2.05. The molecule has 0 radical (unpaired) electrons. The van der Waals surface area contributed by atoms with Crippen LogP contribution in [-0.2, 0) is 13.1 Å². The van der Waals surface area contributed by atoms with E-state index in [1.54, 1.807) is 6.20 Å². The van der Waals surface area contributed by atoms with Crippen LogP contribution in [0.25, 0.3) is 0 Å². The summed E-state index contributed by atoms with van der Waals surface area (Å²) in [4.78, 5) is 4.11. The Morgan fingerprint density at radius 1 is 1.37 bits per heavy atom. The Labute approximate surface area is 112 Å². The zero-order chi connectivity index (χ0) is 13.7. The molecule has 2 aromatic heterocycles. The monoisotopic (exact) mass is 259 g/mol. The SMILES string of the molecule is Cc1cc(C)c[n+](CCCn2ccnc2/C=N\O)c1. The second-order valence-corrected chi connectivity index (χ2v) is 4.71. The number of nitrogens with zero attached hydrogens (tertiary/aromatic N) is 4. The lowest BCUT2D eigenvalue weighted by Gasteiger charge is -2.03. The van der Waals surface area contributed by atoms with Gasteiger partial charge >= 0.3 is 0 Å². The second-order valence-electron chi connectivity index (χ2n) is 4.71. The Morgan fingerprint density at radius 3 is 2.79 bits per heavy atom. The van der Waals surface area contributed by atoms with Crippen LogP contribution in [0.15, 0.2) is 36.0 Å². The summed E-state index contributed by atoms with van der Waals surface area (Å²) in [6, 6.07) is 2.17. The molecule has 5 heteroatoms. The third kappa shape index (κ3) is 3.64. The summed E-state index contributed by atoms with van der Waals surface area (Å²) in [5.74, 6) is 0.674. The van der Waals surface area contributed by atoms with E-state index in [0.717, 1.165) is 19.5 Å². The van der Waals surface area contributed by atoms with Gasteiger partial charge in [-0.15, -0.1) is 0 Å². The highest BCUT2D eigenvalue weighted by molar-refractivity contribution is 5.74. The van der Waals surface area contributed by atoms with Crippen molar-refractivity contribution >= 4 is 6.21 Å². The molecule has 0 amide bonds. The standard InChI is InChI=1S/C14H18N4O/c1-12-8-13(2)11-17(10-12)5-3-6-18-7-4-15-14(18)9-16-19/h4,7-11H,3,5-6H2,1-2H3/p+1/b16-9-. The van der Waals surface area contributed by atoms with Gasteiger partial charge in [-0.2, -0.15) is 0 Å². The average molecular weight is 259 g/mol. The van der Waals surface area contributed by atoms with Gasteiger partial charge in [0.2, 0.25) is 0 Å². The Kier molecular flexibility index (Phi) is 4.28. The van der Waals surface area contributed by atoms with E-state index >= 15 is 0 Å². The maximum atomic E-state index is 8.54. The lowest BCUT2D eigenvalue weighted by molar-refractivity contribution is -0.698. The minimum atomic E-state index is 0.674. The summed E-state index contributed by atoms with van der Waals surface area (Å²) in [7, 11) is 0. The van der Waals surface area contributed by atoms with Crippen LogP contribution in [0.2, 0.25) is 0 Å². The van der Waals surface area contributed by atoms with Crippen molar-refractivity contribution in [3.63, 3.8) is 0 Å². The zero-order valence-electron chi connectivity index (χ0n) is 11.3. The second kappa shape index (κ2) is 6.13. The highest BCUT2D eigenvalue weighted by Crippen LogP contribution is 2.00. The molecule has 100 valence electrons. The fourth-order valence-electron chi connectivity index (χ4n) is 2.24. The molecule has 0 aliphatic carbocycles. The molecule has 2 aromatic rings. The third-order valence-electron chi connectivity index (χ3n) is 2.93. The number of oxime groups is 1. The summed E-state index contributed by atoms with van der Waals surface area (Å²) in [5, 5.41) is 11.6. The number of rotatable bonds is 5. The first-order valence-electron chi connectivity index (χ1n) is 6.35. The summed E-state index contributed by atoms with van der Waals surface area (Å²) in [6.45, 7) is 6.02. The molecule has 0 aromatic carbocycles. The van der Waals surface area contributed by atoms with Crippen molar-refractivity contribution in [2.75, 3.05) is 0 Å². The molecule has 0 spiro atoms. The Bertz CT molecular complexity index is 554. The van der Waals surface area contributed by atoms with Crippen LogP contribution in [0, 0.1) is 13.8 Å². The van der Waals surface area contributed by atoms with E-state index in [2.05, 4.69) is 47.0 Å². The van der Waals surface area contributed by atoms with Crippen LogP contribution in [0.3, 0.4) is 0 Å². The van der Waals surface area contributed by atoms with Crippen LogP contribution in [-0.4, -0.2) is 21.0 Å². The summed E-state index contributed by atoms with van der Waals surface area (Å²) >= 11 is 0. The molecule has 0 fully saturated rings. The topological polar surface area (TPSA) is 54.3 Å². The smallest absolute Gasteiger partial charge is 0.171 e. The maximum absolute atomic E-state index is 8.54. The fourth-order valence-corrected chi connectivity index (χ4v) is 2.24. The van der Waals surface area contributed by atoms with Gasteiger partial charge in [0.15, 0.2) is 18.2 Å². The minimum Gasteiger partial charge on any atom is -0.411 e. The van der Waals surface area contributed by atoms with Crippen LogP contribution >= 0.6 is 0 Å². The van der Waals surface area contributed by atoms with Gasteiger partial charge in [-0.05, 0) is 19.9 Å². The summed E-state index contributed by atoms with van der Waals surface area (Å²) < 4.78 is 4.18. The van der Waals surface area contributed by atoms with E-state index in [1.165, 1.54) is 17.3 Å². The van der Waals surface area contributed by atoms with Crippen molar-refractivity contribution in [2.45, 2.75) is 33.4 Å². The first kappa shape index (κ1) is 13.3. The van der Waals surface area contributed by atoms with E-state index in [9.17, 15) is 0 Å². The maximum Gasteiger partial charge on any atom is 0.171 e. The van der Waals surface area contributed by atoms with Crippen molar-refractivity contribution < 1.29 is 9.77 Å². The van der Waals surface area contributed by atoms with E-state index < -0.39 is 0 Å². The fraction of sp³-hybridized carbons (Fsp3) is 0.357. The van der Waals surface area contributed by atoms with Crippen LogP contribution in [0.1, 0.15) is 23.4 Å². The van der Waals surface area contributed by atoms with Gasteiger partial charge in [-0.3, -0.25) is 0 Å². The number of hydrogen-bond donors (Lipinski definition) is 1. The Balaban J connectivity index is 1.94. The van der Waals surface area contributed by atoms with E-state index in [4.69, 9.17) is 5.21 Å². The molecule has 0 saturated heterocycles. The summed E-state index contributed by atoms with van der Waals surface area (Å²) in [5.41, 5.74) is 2.55. The lowest BCUT2D eigenvalue weighted by Crippen LogP contribution is -2.34. The van der Waals surface area contributed by atoms with Crippen LogP contribution < -0.4 is 4.57 Å². The van der Waals surface area contributed by atoms with Gasteiger partial charge in [-0.25, -0.2) is 9.55 Å². The molecule has 0 aliphatic rings. The predicted molar refractivity (Wildman–Crippen MR) is 72.3 cm³/mol. The van der Waals surface area contributed by atoms with Gasteiger partial charge in [0.05, 0.1) is 0 Å². The minimum absolute atomic E-state index is 0.674. The van der Waals surface area contributed by atoms with E-state index in [1.807, 2.05) is 10.8 Å². The zero-order valence-corrected chi connectivity index (χ0v) is 11.3. The third-order valence-corrected chi connectivity index (χ3v) is 2.93. The number of imidazole rings is 1. The first-order chi connectivity index (χ1) is 9.19. The summed E-state index contributed by atoms with van der Waals surface area (Å²) in [6.07, 6.45) is 10.2. The highest BCUT2D eigenvalue weighted by atomic mass is 16.4. The van der Waals surface area contributed by atoms with E-state index in [0.29, 0.717) is 5.82 Å². The molecule has 2 rings (SSSR count). The molecule has 5 nitrogen and oxygen atoms in total. The molecular formula is C14H19N4O+. The first-order valence-corrected chi connectivity index (χ1v) is 6.35. The van der Waals surface area contributed by atoms with Crippen molar-refractivity contribution in [1.82, 2.24) is 9.55 Å². The van der Waals surface area contributed by atoms with Crippen LogP contribution in [0.5, 0.6) is 0 Å². The molecular weight excluding hydrogens is 240 g/mol. The van der Waals surface area contributed by atoms with Gasteiger partial charge in [0.25, 0.3) is 0 Å². The number of aromatic nitrogens is 3. The van der Waals surface area contributed by atoms with Crippen molar-refractivity contribution in [3.05, 3.63) is 47.8 Å². The van der Waals surface area contributed by atoms with Crippen molar-refractivity contribution in [2.24, 2.45) is 5.16 Å². The molecule has 0 atom stereocenters. The predicted octanol–water partition coefficient (Wildman–Crippen LogP) is 1.69. The quantitative estimate of drug-likeness (QED) is 0.384. The lowest BCUT2D eigenvalue weighted by atomic mass is 10.2. The molecule has 19 heavy (non-hydrogen) atoms. The molecule has 0 aliphatic heterocycles. The Morgan fingerprint density at radius 2 is 2.11 bits per heavy atom. The number of pyridine rings is 1. The van der Waals surface area contributed by atoms with Gasteiger partial charge in [0.1, 0.15) is 12.8 Å². The Hall–Kier alpha value is -2.17. The van der Waals surface area contributed by atoms with Crippen LogP contribution in [0.4, 0.5) is 0 Å². The van der Waals surface area contributed by atoms with Crippen molar-refractivity contribution in [1.29, 1.82) is 0 Å².